The lowest BCUT2D eigenvalue weighted by atomic mass is 10.1. The second-order valence-electron chi connectivity index (χ2n) is 8.34. The van der Waals surface area contributed by atoms with Crippen LogP contribution in [0, 0.1) is 0 Å². The van der Waals surface area contributed by atoms with Crippen LogP contribution in [-0.2, 0) is 6.54 Å². The predicted molar refractivity (Wildman–Crippen MR) is 125 cm³/mol. The number of nitrogens with zero attached hydrogens (tertiary/aromatic N) is 5. The maximum atomic E-state index is 10.8. The fourth-order valence-electron chi connectivity index (χ4n) is 4.67. The summed E-state index contributed by atoms with van der Waals surface area (Å²) in [5.74, 6) is 0.865. The van der Waals surface area contributed by atoms with Crippen LogP contribution in [-0.4, -0.2) is 76.3 Å². The van der Waals surface area contributed by atoms with Crippen LogP contribution < -0.4 is 4.90 Å². The molecule has 31 heavy (non-hydrogen) atoms. The van der Waals surface area contributed by atoms with Crippen LogP contribution in [0.2, 0.25) is 10.0 Å². The summed E-state index contributed by atoms with van der Waals surface area (Å²) < 4.78 is 0. The Kier molecular flexibility index (Phi) is 5.99. The van der Waals surface area contributed by atoms with Gasteiger partial charge < -0.3 is 10.0 Å². The number of rotatable bonds is 4. The number of aliphatic hydroxyl groups is 1. The summed E-state index contributed by atoms with van der Waals surface area (Å²) in [6, 6.07) is 13.9. The van der Waals surface area contributed by atoms with Crippen molar-refractivity contribution in [1.29, 1.82) is 0 Å². The fourth-order valence-corrected chi connectivity index (χ4v) is 4.96. The van der Waals surface area contributed by atoms with Crippen LogP contribution in [0.15, 0.2) is 48.8 Å². The van der Waals surface area contributed by atoms with E-state index in [9.17, 15) is 5.11 Å². The maximum Gasteiger partial charge on any atom is 0.140 e. The van der Waals surface area contributed by atoms with Crippen LogP contribution in [0.1, 0.15) is 5.56 Å². The zero-order chi connectivity index (χ0) is 21.4. The monoisotopic (exact) mass is 457 g/mol. The molecule has 1 aromatic heterocycles. The predicted octanol–water partition coefficient (Wildman–Crippen LogP) is 3.30. The van der Waals surface area contributed by atoms with Crippen molar-refractivity contribution < 1.29 is 5.11 Å². The Bertz CT molecular complexity index is 1060. The van der Waals surface area contributed by atoms with Crippen LogP contribution in [0.3, 0.4) is 0 Å². The van der Waals surface area contributed by atoms with Crippen LogP contribution in [0.4, 0.5) is 5.82 Å². The van der Waals surface area contributed by atoms with Gasteiger partial charge in [0.15, 0.2) is 0 Å². The average Bonchev–Trinajstić information content (AvgIpc) is 3.16. The Labute approximate surface area is 192 Å². The number of anilines is 1. The number of halogens is 2. The number of fused-ring (bicyclic) bond motifs is 1. The molecule has 0 saturated carbocycles. The normalized spacial score (nSPS) is 23.0. The molecule has 0 spiro atoms. The molecular formula is C23H25Cl2N5O. The molecule has 2 aliphatic rings. The van der Waals surface area contributed by atoms with E-state index in [4.69, 9.17) is 23.2 Å². The summed E-state index contributed by atoms with van der Waals surface area (Å²) >= 11 is 12.1. The highest BCUT2D eigenvalue weighted by atomic mass is 35.5. The minimum Gasteiger partial charge on any atom is -0.390 e. The van der Waals surface area contributed by atoms with Gasteiger partial charge in [0.1, 0.15) is 12.1 Å². The van der Waals surface area contributed by atoms with Gasteiger partial charge >= 0.3 is 0 Å². The molecule has 2 aromatic carbocycles. The zero-order valence-electron chi connectivity index (χ0n) is 17.2. The van der Waals surface area contributed by atoms with Gasteiger partial charge in [0.25, 0.3) is 0 Å². The molecule has 0 unspecified atom stereocenters. The fraction of sp³-hybridized carbons (Fsp3) is 0.391. The molecule has 1 N–H and O–H groups in total. The van der Waals surface area contributed by atoms with Gasteiger partial charge in [0.2, 0.25) is 0 Å². The van der Waals surface area contributed by atoms with E-state index in [0.717, 1.165) is 61.0 Å². The Morgan fingerprint density at radius 3 is 2.42 bits per heavy atom. The SMILES string of the molecule is O[C@@H]1CN(c2ncnc3cc(Cl)ccc23)C[C@H]1N1CCN(Cc2ccc(Cl)cc2)CC1. The number of aromatic nitrogens is 2. The minimum atomic E-state index is -0.403. The quantitative estimate of drug-likeness (QED) is 0.648. The number of benzene rings is 2. The summed E-state index contributed by atoms with van der Waals surface area (Å²) in [6.45, 7) is 6.13. The highest BCUT2D eigenvalue weighted by molar-refractivity contribution is 6.31. The molecule has 0 aliphatic carbocycles. The van der Waals surface area contributed by atoms with Crippen LogP contribution >= 0.6 is 23.2 Å². The lowest BCUT2D eigenvalue weighted by Crippen LogP contribution is -2.53. The molecule has 2 atom stereocenters. The standard InChI is InChI=1S/C23H25Cl2N5O/c24-17-3-1-16(2-4-17)12-28-7-9-29(10-8-28)21-13-30(14-22(21)31)23-19-6-5-18(25)11-20(19)26-15-27-23/h1-6,11,15,21-22,31H,7-10,12-14H2/t21-,22-/m1/s1. The van der Waals surface area contributed by atoms with Gasteiger partial charge in [-0.25, -0.2) is 9.97 Å². The molecule has 3 heterocycles. The van der Waals surface area contributed by atoms with Crippen molar-refractivity contribution in [2.45, 2.75) is 18.7 Å². The molecule has 0 bridgehead atoms. The van der Waals surface area contributed by atoms with E-state index in [1.54, 1.807) is 6.33 Å². The van der Waals surface area contributed by atoms with Crippen molar-refractivity contribution in [2.24, 2.45) is 0 Å². The molecule has 162 valence electrons. The Hall–Kier alpha value is -1.96. The van der Waals surface area contributed by atoms with E-state index in [1.165, 1.54) is 5.56 Å². The van der Waals surface area contributed by atoms with Gasteiger partial charge in [-0.2, -0.15) is 0 Å². The molecule has 0 radical (unpaired) electrons. The maximum absolute atomic E-state index is 10.8. The number of hydrogen-bond acceptors (Lipinski definition) is 6. The average molecular weight is 458 g/mol. The molecule has 3 aromatic rings. The molecule has 2 fully saturated rings. The molecule has 5 rings (SSSR count). The third-order valence-corrected chi connectivity index (χ3v) is 6.82. The summed E-state index contributed by atoms with van der Waals surface area (Å²) in [6.07, 6.45) is 1.17. The third kappa shape index (κ3) is 4.49. The van der Waals surface area contributed by atoms with E-state index >= 15 is 0 Å². The van der Waals surface area contributed by atoms with Gasteiger partial charge in [-0.15, -0.1) is 0 Å². The summed E-state index contributed by atoms with van der Waals surface area (Å²) in [7, 11) is 0. The lowest BCUT2D eigenvalue weighted by molar-refractivity contribution is 0.0424. The Balaban J connectivity index is 1.23. The summed E-state index contributed by atoms with van der Waals surface area (Å²) in [5, 5.41) is 13.2. The van der Waals surface area contributed by atoms with E-state index in [-0.39, 0.29) is 6.04 Å². The van der Waals surface area contributed by atoms with E-state index in [2.05, 4.69) is 36.8 Å². The van der Waals surface area contributed by atoms with Crippen molar-refractivity contribution in [1.82, 2.24) is 19.8 Å². The Morgan fingerprint density at radius 1 is 0.903 bits per heavy atom. The molecule has 8 heteroatoms. The smallest absolute Gasteiger partial charge is 0.140 e. The van der Waals surface area contributed by atoms with Crippen molar-refractivity contribution in [3.05, 3.63) is 64.4 Å². The molecule has 0 amide bonds. The van der Waals surface area contributed by atoms with Gasteiger partial charge in [-0.1, -0.05) is 35.3 Å². The van der Waals surface area contributed by atoms with Gasteiger partial charge in [0, 0.05) is 61.2 Å². The molecular weight excluding hydrogens is 433 g/mol. The number of piperazine rings is 1. The summed E-state index contributed by atoms with van der Waals surface area (Å²) in [5.41, 5.74) is 2.10. The topological polar surface area (TPSA) is 55.7 Å². The largest absolute Gasteiger partial charge is 0.390 e. The first kappa shape index (κ1) is 20.9. The first-order chi connectivity index (χ1) is 15.1. The number of hydrogen-bond donors (Lipinski definition) is 1. The van der Waals surface area contributed by atoms with Gasteiger partial charge in [0.05, 0.1) is 17.7 Å². The Morgan fingerprint density at radius 2 is 1.65 bits per heavy atom. The highest BCUT2D eigenvalue weighted by Crippen LogP contribution is 2.29. The van der Waals surface area contributed by atoms with Crippen LogP contribution in [0.5, 0.6) is 0 Å². The first-order valence-corrected chi connectivity index (χ1v) is 11.4. The van der Waals surface area contributed by atoms with Crippen LogP contribution in [0.25, 0.3) is 10.9 Å². The number of β-amino-alcohol motifs (C(OH)–C–C–N with tert-alkyl or cyclic N) is 1. The van der Waals surface area contributed by atoms with Gasteiger partial charge in [-0.05, 0) is 35.9 Å². The second-order valence-corrected chi connectivity index (χ2v) is 9.21. The van der Waals surface area contributed by atoms with E-state index in [0.29, 0.717) is 11.6 Å². The molecule has 2 saturated heterocycles. The van der Waals surface area contributed by atoms with E-state index < -0.39 is 6.10 Å². The van der Waals surface area contributed by atoms with Gasteiger partial charge in [-0.3, -0.25) is 9.80 Å². The van der Waals surface area contributed by atoms with Crippen molar-refractivity contribution in [3.63, 3.8) is 0 Å². The third-order valence-electron chi connectivity index (χ3n) is 6.33. The summed E-state index contributed by atoms with van der Waals surface area (Å²) in [4.78, 5) is 15.9. The number of aliphatic hydroxyl groups excluding tert-OH is 1. The van der Waals surface area contributed by atoms with Crippen molar-refractivity contribution in [2.75, 3.05) is 44.2 Å². The highest BCUT2D eigenvalue weighted by Gasteiger charge is 2.37. The molecule has 2 aliphatic heterocycles. The zero-order valence-corrected chi connectivity index (χ0v) is 18.7. The van der Waals surface area contributed by atoms with Crippen molar-refractivity contribution in [3.8, 4) is 0 Å². The molecule has 6 nitrogen and oxygen atoms in total. The minimum absolute atomic E-state index is 0.106. The lowest BCUT2D eigenvalue weighted by Gasteiger charge is -2.38. The van der Waals surface area contributed by atoms with Crippen molar-refractivity contribution >= 4 is 39.9 Å². The van der Waals surface area contributed by atoms with E-state index in [1.807, 2.05) is 30.3 Å². The second kappa shape index (κ2) is 8.88. The first-order valence-electron chi connectivity index (χ1n) is 10.6.